The minimum atomic E-state index is -0.823. The van der Waals surface area contributed by atoms with Crippen molar-refractivity contribution in [3.05, 3.63) is 0 Å². The van der Waals surface area contributed by atoms with Crippen LogP contribution in [0, 0.1) is 0 Å². The average molecular weight is 172 g/mol. The van der Waals surface area contributed by atoms with E-state index >= 15 is 0 Å². The van der Waals surface area contributed by atoms with Crippen molar-refractivity contribution in [1.82, 2.24) is 4.90 Å². The maximum atomic E-state index is 11.4. The highest BCUT2D eigenvalue weighted by atomic mass is 16.3. The molecule has 1 aliphatic heterocycles. The molecule has 0 aromatic rings. The molecule has 0 saturated carbocycles. The van der Waals surface area contributed by atoms with E-state index in [1.165, 1.54) is 0 Å². The molecule has 0 aromatic heterocycles. The second-order valence-electron chi connectivity index (χ2n) is 4.38. The summed E-state index contributed by atoms with van der Waals surface area (Å²) in [6.45, 7) is 5.84. The number of aliphatic hydroxyl groups is 1. The molecule has 0 aromatic carbocycles. The van der Waals surface area contributed by atoms with Crippen LogP contribution < -0.4 is 5.73 Å². The third-order valence-corrected chi connectivity index (χ3v) is 1.90. The zero-order chi connectivity index (χ0) is 9.57. The van der Waals surface area contributed by atoms with Crippen molar-refractivity contribution >= 4 is 5.91 Å². The molecule has 3 N–H and O–H groups in total. The van der Waals surface area contributed by atoms with E-state index in [2.05, 4.69) is 0 Å². The highest BCUT2D eigenvalue weighted by Gasteiger charge is 2.42. The summed E-state index contributed by atoms with van der Waals surface area (Å²) in [5, 5.41) is 9.36. The zero-order valence-corrected chi connectivity index (χ0v) is 7.79. The van der Waals surface area contributed by atoms with Crippen LogP contribution >= 0.6 is 0 Å². The zero-order valence-electron chi connectivity index (χ0n) is 7.79. The van der Waals surface area contributed by atoms with Gasteiger partial charge in [0.2, 0.25) is 5.91 Å². The molecule has 70 valence electrons. The minimum absolute atomic E-state index is 0.103. The Bertz CT molecular complexity index is 198. The number of carbonyl (C=O) groups is 1. The normalized spacial score (nSPS) is 21.9. The maximum Gasteiger partial charge on any atom is 0.242 e. The van der Waals surface area contributed by atoms with Crippen LogP contribution in [0.2, 0.25) is 0 Å². The second kappa shape index (κ2) is 2.44. The lowest BCUT2D eigenvalue weighted by molar-refractivity contribution is -0.156. The second-order valence-corrected chi connectivity index (χ2v) is 4.38. The van der Waals surface area contributed by atoms with E-state index in [-0.39, 0.29) is 5.91 Å². The fourth-order valence-corrected chi connectivity index (χ4v) is 1.33. The van der Waals surface area contributed by atoms with Crippen LogP contribution in [0.3, 0.4) is 0 Å². The van der Waals surface area contributed by atoms with Crippen LogP contribution in [-0.2, 0) is 4.79 Å². The fourth-order valence-electron chi connectivity index (χ4n) is 1.33. The number of likely N-dealkylation sites (tertiary alicyclic amines) is 1. The van der Waals surface area contributed by atoms with Crippen molar-refractivity contribution in [3.8, 4) is 0 Å². The Balaban J connectivity index is 2.50. The van der Waals surface area contributed by atoms with Gasteiger partial charge in [0.15, 0.2) is 0 Å². The van der Waals surface area contributed by atoms with Crippen LogP contribution in [0.25, 0.3) is 0 Å². The number of hydrogen-bond acceptors (Lipinski definition) is 3. The Hall–Kier alpha value is -0.610. The van der Waals surface area contributed by atoms with Gasteiger partial charge in [0.05, 0.1) is 24.2 Å². The first-order chi connectivity index (χ1) is 5.22. The first-order valence-corrected chi connectivity index (χ1v) is 4.03. The highest BCUT2D eigenvalue weighted by Crippen LogP contribution is 2.21. The molecule has 1 fully saturated rings. The SMILES string of the molecule is CC1(O)CN(C(=O)C(C)(C)N)C1. The summed E-state index contributed by atoms with van der Waals surface area (Å²) in [6.07, 6.45) is 0. The van der Waals surface area contributed by atoms with E-state index in [1.807, 2.05) is 0 Å². The maximum absolute atomic E-state index is 11.4. The van der Waals surface area contributed by atoms with E-state index in [0.29, 0.717) is 13.1 Å². The summed E-state index contributed by atoms with van der Waals surface area (Å²) in [5.74, 6) is -0.103. The van der Waals surface area contributed by atoms with Gasteiger partial charge in [-0.25, -0.2) is 0 Å². The first-order valence-electron chi connectivity index (χ1n) is 4.03. The van der Waals surface area contributed by atoms with Crippen LogP contribution in [0.4, 0.5) is 0 Å². The topological polar surface area (TPSA) is 66.6 Å². The Morgan fingerprint density at radius 1 is 1.58 bits per heavy atom. The highest BCUT2D eigenvalue weighted by molar-refractivity contribution is 5.86. The van der Waals surface area contributed by atoms with Gasteiger partial charge >= 0.3 is 0 Å². The van der Waals surface area contributed by atoms with Gasteiger partial charge in [-0.2, -0.15) is 0 Å². The number of carbonyl (C=O) groups excluding carboxylic acids is 1. The quantitative estimate of drug-likeness (QED) is 0.550. The summed E-state index contributed by atoms with van der Waals surface area (Å²) in [5.41, 5.74) is 4.07. The number of nitrogens with two attached hydrogens (primary N) is 1. The molecule has 12 heavy (non-hydrogen) atoms. The third-order valence-electron chi connectivity index (χ3n) is 1.90. The van der Waals surface area contributed by atoms with Crippen molar-refractivity contribution in [2.24, 2.45) is 5.73 Å². The van der Waals surface area contributed by atoms with Gasteiger partial charge in [-0.1, -0.05) is 0 Å². The standard InChI is InChI=1S/C8H16N2O2/c1-7(2,9)6(11)10-4-8(3,12)5-10/h12H,4-5,9H2,1-3H3. The molecule has 1 heterocycles. The predicted molar refractivity (Wildman–Crippen MR) is 45.5 cm³/mol. The average Bonchev–Trinajstić information content (AvgIpc) is 1.78. The number of rotatable bonds is 1. The molecule has 0 radical (unpaired) electrons. The molecule has 4 heteroatoms. The van der Waals surface area contributed by atoms with Crippen molar-refractivity contribution in [1.29, 1.82) is 0 Å². The molecule has 0 bridgehead atoms. The predicted octanol–water partition coefficient (Wildman–Crippen LogP) is -0.683. The molecule has 1 aliphatic rings. The first kappa shape index (κ1) is 9.48. The van der Waals surface area contributed by atoms with E-state index in [1.54, 1.807) is 25.7 Å². The summed E-state index contributed by atoms with van der Waals surface area (Å²) < 4.78 is 0. The van der Waals surface area contributed by atoms with Crippen molar-refractivity contribution in [3.63, 3.8) is 0 Å². The molecule has 0 unspecified atom stereocenters. The van der Waals surface area contributed by atoms with Crippen molar-refractivity contribution < 1.29 is 9.90 Å². The van der Waals surface area contributed by atoms with Crippen LogP contribution in [0.1, 0.15) is 20.8 Å². The summed E-state index contributed by atoms with van der Waals surface area (Å²) in [7, 11) is 0. The molecule has 1 saturated heterocycles. The smallest absolute Gasteiger partial charge is 0.242 e. The fraction of sp³-hybridized carbons (Fsp3) is 0.875. The van der Waals surface area contributed by atoms with Gasteiger partial charge in [-0.3, -0.25) is 4.79 Å². The summed E-state index contributed by atoms with van der Waals surface area (Å²) in [4.78, 5) is 13.0. The molecule has 4 nitrogen and oxygen atoms in total. The van der Waals surface area contributed by atoms with Gasteiger partial charge in [0.1, 0.15) is 0 Å². The Kier molecular flexibility index (Phi) is 1.92. The van der Waals surface area contributed by atoms with E-state index in [0.717, 1.165) is 0 Å². The van der Waals surface area contributed by atoms with E-state index < -0.39 is 11.1 Å². The Labute approximate surface area is 72.3 Å². The van der Waals surface area contributed by atoms with Crippen LogP contribution in [0.15, 0.2) is 0 Å². The van der Waals surface area contributed by atoms with Gasteiger partial charge in [-0.05, 0) is 20.8 Å². The van der Waals surface area contributed by atoms with E-state index in [4.69, 9.17) is 5.73 Å². The lowest BCUT2D eigenvalue weighted by Crippen LogP contribution is -2.66. The molecule has 0 atom stereocenters. The molecular weight excluding hydrogens is 156 g/mol. The number of β-amino-alcohol motifs (C(OH)–C–C–N with tert-alkyl or cyclic N) is 1. The van der Waals surface area contributed by atoms with Crippen molar-refractivity contribution in [2.45, 2.75) is 31.9 Å². The molecule has 1 rings (SSSR count). The third kappa shape index (κ3) is 1.76. The minimum Gasteiger partial charge on any atom is -0.386 e. The van der Waals surface area contributed by atoms with Gasteiger partial charge in [0.25, 0.3) is 0 Å². The molecule has 0 spiro atoms. The summed E-state index contributed by atoms with van der Waals surface area (Å²) >= 11 is 0. The number of hydrogen-bond donors (Lipinski definition) is 2. The Morgan fingerprint density at radius 2 is 2.00 bits per heavy atom. The molecule has 0 aliphatic carbocycles. The number of amides is 1. The van der Waals surface area contributed by atoms with Crippen LogP contribution in [0.5, 0.6) is 0 Å². The molecular formula is C8H16N2O2. The monoisotopic (exact) mass is 172 g/mol. The summed E-state index contributed by atoms with van der Waals surface area (Å²) in [6, 6.07) is 0. The van der Waals surface area contributed by atoms with Gasteiger partial charge < -0.3 is 15.7 Å². The van der Waals surface area contributed by atoms with Crippen LogP contribution in [-0.4, -0.2) is 40.1 Å². The molecule has 1 amide bonds. The largest absolute Gasteiger partial charge is 0.386 e. The van der Waals surface area contributed by atoms with Gasteiger partial charge in [0, 0.05) is 0 Å². The lowest BCUT2D eigenvalue weighted by atomic mass is 9.93. The Morgan fingerprint density at radius 3 is 2.25 bits per heavy atom. The van der Waals surface area contributed by atoms with E-state index in [9.17, 15) is 9.90 Å². The lowest BCUT2D eigenvalue weighted by Gasteiger charge is -2.46. The van der Waals surface area contributed by atoms with Crippen molar-refractivity contribution in [2.75, 3.05) is 13.1 Å². The number of nitrogens with zero attached hydrogens (tertiary/aromatic N) is 1. The van der Waals surface area contributed by atoms with Gasteiger partial charge in [-0.15, -0.1) is 0 Å².